The maximum absolute atomic E-state index is 9.76. The molecule has 0 aromatic carbocycles. The molecule has 0 saturated carbocycles. The lowest BCUT2D eigenvalue weighted by atomic mass is 10.0. The van der Waals surface area contributed by atoms with E-state index in [9.17, 15) is 5.11 Å². The summed E-state index contributed by atoms with van der Waals surface area (Å²) >= 11 is 0. The summed E-state index contributed by atoms with van der Waals surface area (Å²) < 4.78 is 1.60. The maximum Gasteiger partial charge on any atom is 0.111 e. The van der Waals surface area contributed by atoms with E-state index < -0.39 is 12.0 Å². The Morgan fingerprint density at radius 1 is 1.69 bits per heavy atom. The van der Waals surface area contributed by atoms with Gasteiger partial charge in [-0.25, -0.2) is 0 Å². The summed E-state index contributed by atoms with van der Waals surface area (Å²) in [5.41, 5.74) is 1.63. The van der Waals surface area contributed by atoms with Crippen molar-refractivity contribution in [1.82, 2.24) is 9.78 Å². The van der Waals surface area contributed by atoms with Gasteiger partial charge in [0.25, 0.3) is 0 Å². The van der Waals surface area contributed by atoms with Gasteiger partial charge in [-0.05, 0) is 19.4 Å². The number of aromatic nitrogens is 2. The van der Waals surface area contributed by atoms with Crippen LogP contribution >= 0.6 is 0 Å². The highest BCUT2D eigenvalue weighted by Gasteiger charge is 2.20. The van der Waals surface area contributed by atoms with Crippen LogP contribution in [-0.2, 0) is 7.05 Å². The first kappa shape index (κ1) is 9.75. The Morgan fingerprint density at radius 2 is 2.31 bits per heavy atom. The third-order valence-electron chi connectivity index (χ3n) is 2.13. The van der Waals surface area contributed by atoms with Gasteiger partial charge >= 0.3 is 0 Å². The largest absolute Gasteiger partial charge is 0.385 e. The number of aliphatic hydroxyl groups is 1. The fraction of sp³-hybridized carbons (Fsp3) is 0.556. The van der Waals surface area contributed by atoms with Crippen molar-refractivity contribution >= 4 is 0 Å². The van der Waals surface area contributed by atoms with E-state index in [0.29, 0.717) is 5.69 Å². The summed E-state index contributed by atoms with van der Waals surface area (Å²) in [6.07, 6.45) is 0.931. The van der Waals surface area contributed by atoms with Crippen LogP contribution in [0, 0.1) is 24.2 Å². The van der Waals surface area contributed by atoms with Crippen LogP contribution in [0.2, 0.25) is 0 Å². The van der Waals surface area contributed by atoms with Crippen molar-refractivity contribution in [2.45, 2.75) is 20.0 Å². The monoisotopic (exact) mass is 179 g/mol. The molecule has 0 amide bonds. The molecule has 1 aromatic rings. The predicted octanol–water partition coefficient (Wildman–Crippen LogP) is 0.922. The Morgan fingerprint density at radius 3 is 2.69 bits per heavy atom. The highest BCUT2D eigenvalue weighted by molar-refractivity contribution is 5.19. The van der Waals surface area contributed by atoms with Crippen molar-refractivity contribution in [3.8, 4) is 6.07 Å². The quantitative estimate of drug-likeness (QED) is 0.734. The van der Waals surface area contributed by atoms with Crippen molar-refractivity contribution in [3.63, 3.8) is 0 Å². The molecule has 0 radical (unpaired) electrons. The first-order valence-electron chi connectivity index (χ1n) is 4.14. The van der Waals surface area contributed by atoms with Crippen molar-refractivity contribution in [1.29, 1.82) is 5.26 Å². The molecule has 2 atom stereocenters. The molecule has 0 aliphatic heterocycles. The molecule has 0 spiro atoms. The lowest BCUT2D eigenvalue weighted by Crippen LogP contribution is -2.12. The summed E-state index contributed by atoms with van der Waals surface area (Å²) in [6.45, 7) is 3.56. The number of hydrogen-bond donors (Lipinski definition) is 1. The molecule has 1 heterocycles. The number of rotatable bonds is 2. The average Bonchev–Trinajstić information content (AvgIpc) is 2.44. The van der Waals surface area contributed by atoms with Gasteiger partial charge in [-0.2, -0.15) is 10.4 Å². The van der Waals surface area contributed by atoms with Crippen LogP contribution in [0.3, 0.4) is 0 Å². The first-order valence-corrected chi connectivity index (χ1v) is 4.14. The van der Waals surface area contributed by atoms with Crippen LogP contribution in [0.1, 0.15) is 24.3 Å². The lowest BCUT2D eigenvalue weighted by molar-refractivity contribution is 0.133. The van der Waals surface area contributed by atoms with Gasteiger partial charge in [0.05, 0.1) is 23.9 Å². The van der Waals surface area contributed by atoms with Gasteiger partial charge in [0.1, 0.15) is 6.10 Å². The Hall–Kier alpha value is -1.34. The summed E-state index contributed by atoms with van der Waals surface area (Å²) in [4.78, 5) is 0. The smallest absolute Gasteiger partial charge is 0.111 e. The molecular formula is C9H13N3O. The van der Waals surface area contributed by atoms with E-state index >= 15 is 0 Å². The molecule has 1 rings (SSSR count). The highest BCUT2D eigenvalue weighted by atomic mass is 16.3. The Kier molecular flexibility index (Phi) is 2.69. The Balaban J connectivity index is 3.02. The highest BCUT2D eigenvalue weighted by Crippen LogP contribution is 2.23. The van der Waals surface area contributed by atoms with Crippen LogP contribution in [0.15, 0.2) is 6.20 Å². The Labute approximate surface area is 77.4 Å². The summed E-state index contributed by atoms with van der Waals surface area (Å²) in [7, 11) is 1.76. The molecule has 0 bridgehead atoms. The molecule has 2 unspecified atom stereocenters. The molecule has 0 aliphatic rings. The summed E-state index contributed by atoms with van der Waals surface area (Å²) in [6, 6.07) is 2.02. The molecule has 4 nitrogen and oxygen atoms in total. The van der Waals surface area contributed by atoms with Crippen molar-refractivity contribution in [2.24, 2.45) is 13.0 Å². The van der Waals surface area contributed by atoms with Gasteiger partial charge in [0, 0.05) is 7.05 Å². The van der Waals surface area contributed by atoms with E-state index in [2.05, 4.69) is 5.10 Å². The maximum atomic E-state index is 9.76. The van der Waals surface area contributed by atoms with Crippen LogP contribution in [-0.4, -0.2) is 14.9 Å². The fourth-order valence-electron chi connectivity index (χ4n) is 1.29. The standard InChI is InChI=1S/C9H13N3O/c1-6(4-10)9(13)8-7(2)5-11-12(8)3/h5-6,9,13H,1-3H3. The van der Waals surface area contributed by atoms with E-state index in [1.807, 2.05) is 13.0 Å². The lowest BCUT2D eigenvalue weighted by Gasteiger charge is -2.13. The van der Waals surface area contributed by atoms with Gasteiger partial charge in [-0.3, -0.25) is 4.68 Å². The fourth-order valence-corrected chi connectivity index (χ4v) is 1.29. The summed E-state index contributed by atoms with van der Waals surface area (Å²) in [5, 5.41) is 22.4. The normalized spacial score (nSPS) is 15.0. The number of nitriles is 1. The third-order valence-corrected chi connectivity index (χ3v) is 2.13. The number of nitrogens with zero attached hydrogens (tertiary/aromatic N) is 3. The van der Waals surface area contributed by atoms with E-state index in [-0.39, 0.29) is 0 Å². The van der Waals surface area contributed by atoms with E-state index in [1.54, 1.807) is 24.9 Å². The van der Waals surface area contributed by atoms with Gasteiger partial charge < -0.3 is 5.11 Å². The number of aryl methyl sites for hydroxylation is 2. The topological polar surface area (TPSA) is 61.8 Å². The molecule has 0 fully saturated rings. The number of aliphatic hydroxyl groups excluding tert-OH is 1. The molecule has 1 N–H and O–H groups in total. The molecule has 13 heavy (non-hydrogen) atoms. The zero-order valence-electron chi connectivity index (χ0n) is 8.02. The minimum atomic E-state index is -0.752. The average molecular weight is 179 g/mol. The zero-order chi connectivity index (χ0) is 10.0. The SMILES string of the molecule is Cc1cnn(C)c1C(O)C(C)C#N. The van der Waals surface area contributed by atoms with Gasteiger partial charge in [-0.15, -0.1) is 0 Å². The minimum Gasteiger partial charge on any atom is -0.385 e. The van der Waals surface area contributed by atoms with Gasteiger partial charge in [-0.1, -0.05) is 0 Å². The Bertz CT molecular complexity index is 318. The molecular weight excluding hydrogens is 166 g/mol. The predicted molar refractivity (Wildman–Crippen MR) is 47.7 cm³/mol. The molecule has 0 aliphatic carbocycles. The summed E-state index contributed by atoms with van der Waals surface area (Å²) in [5.74, 6) is -0.408. The number of hydrogen-bond acceptors (Lipinski definition) is 3. The zero-order valence-corrected chi connectivity index (χ0v) is 8.02. The van der Waals surface area contributed by atoms with Crippen LogP contribution in [0.5, 0.6) is 0 Å². The first-order chi connectivity index (χ1) is 6.07. The van der Waals surface area contributed by atoms with Crippen molar-refractivity contribution < 1.29 is 5.11 Å². The van der Waals surface area contributed by atoms with Crippen molar-refractivity contribution in [3.05, 3.63) is 17.5 Å². The van der Waals surface area contributed by atoms with Crippen LogP contribution in [0.4, 0.5) is 0 Å². The van der Waals surface area contributed by atoms with Crippen molar-refractivity contribution in [2.75, 3.05) is 0 Å². The molecule has 70 valence electrons. The van der Waals surface area contributed by atoms with E-state index in [0.717, 1.165) is 5.56 Å². The van der Waals surface area contributed by atoms with Crippen LogP contribution < -0.4 is 0 Å². The molecule has 0 saturated heterocycles. The minimum absolute atomic E-state index is 0.408. The van der Waals surface area contributed by atoms with E-state index in [1.165, 1.54) is 0 Å². The second-order valence-corrected chi connectivity index (χ2v) is 3.20. The second-order valence-electron chi connectivity index (χ2n) is 3.20. The van der Waals surface area contributed by atoms with E-state index in [4.69, 9.17) is 5.26 Å². The van der Waals surface area contributed by atoms with Crippen LogP contribution in [0.25, 0.3) is 0 Å². The third kappa shape index (κ3) is 1.70. The molecule has 1 aromatic heterocycles. The van der Waals surface area contributed by atoms with Gasteiger partial charge in [0.2, 0.25) is 0 Å². The second kappa shape index (κ2) is 3.58. The molecule has 4 heteroatoms. The van der Waals surface area contributed by atoms with Gasteiger partial charge in [0.15, 0.2) is 0 Å².